The second-order valence-electron chi connectivity index (χ2n) is 5.19. The minimum Gasteiger partial charge on any atom is -0.348 e. The van der Waals surface area contributed by atoms with Crippen molar-refractivity contribution in [3.05, 3.63) is 35.4 Å². The molecule has 1 rings (SSSR count). The number of hydrogen-bond acceptors (Lipinski definition) is 2. The summed E-state index contributed by atoms with van der Waals surface area (Å²) in [7, 11) is 3.79. The van der Waals surface area contributed by atoms with Gasteiger partial charge in [-0.2, -0.15) is 0 Å². The lowest BCUT2D eigenvalue weighted by molar-refractivity contribution is 0.0911. The van der Waals surface area contributed by atoms with Crippen LogP contribution in [0.25, 0.3) is 0 Å². The number of hydrogen-bond donors (Lipinski definition) is 1. The summed E-state index contributed by atoms with van der Waals surface area (Å²) in [5.41, 5.74) is -0.260. The Morgan fingerprint density at radius 2 is 1.95 bits per heavy atom. The van der Waals surface area contributed by atoms with Crippen LogP contribution in [-0.4, -0.2) is 37.5 Å². The van der Waals surface area contributed by atoms with Gasteiger partial charge in [-0.25, -0.2) is 8.78 Å². The molecule has 106 valence electrons. The molecule has 0 saturated carbocycles. The van der Waals surface area contributed by atoms with Gasteiger partial charge in [-0.15, -0.1) is 0 Å². The van der Waals surface area contributed by atoms with Gasteiger partial charge >= 0.3 is 0 Å². The molecule has 1 aromatic carbocycles. The van der Waals surface area contributed by atoms with Gasteiger partial charge in [-0.3, -0.25) is 4.79 Å². The third-order valence-electron chi connectivity index (χ3n) is 2.88. The zero-order valence-corrected chi connectivity index (χ0v) is 11.7. The molecule has 0 radical (unpaired) electrons. The van der Waals surface area contributed by atoms with Crippen LogP contribution in [0.5, 0.6) is 0 Å². The van der Waals surface area contributed by atoms with Crippen LogP contribution in [0.15, 0.2) is 18.2 Å². The van der Waals surface area contributed by atoms with Crippen LogP contribution in [0.4, 0.5) is 8.78 Å². The molecule has 1 atom stereocenters. The van der Waals surface area contributed by atoms with E-state index in [1.807, 2.05) is 32.8 Å². The average molecular weight is 270 g/mol. The van der Waals surface area contributed by atoms with Gasteiger partial charge in [0.25, 0.3) is 5.91 Å². The van der Waals surface area contributed by atoms with Crippen molar-refractivity contribution < 1.29 is 13.6 Å². The second-order valence-corrected chi connectivity index (χ2v) is 5.19. The molecule has 0 aromatic heterocycles. The fraction of sp³-hybridized carbons (Fsp3) is 0.500. The van der Waals surface area contributed by atoms with Crippen molar-refractivity contribution in [3.63, 3.8) is 0 Å². The maximum atomic E-state index is 13.5. The number of amides is 1. The normalized spacial score (nSPS) is 12.8. The van der Waals surface area contributed by atoms with Crippen molar-refractivity contribution in [2.24, 2.45) is 5.92 Å². The van der Waals surface area contributed by atoms with Gasteiger partial charge in [0.05, 0.1) is 5.56 Å². The monoisotopic (exact) mass is 270 g/mol. The minimum atomic E-state index is -1.10. The van der Waals surface area contributed by atoms with Crippen LogP contribution in [-0.2, 0) is 0 Å². The Kier molecular flexibility index (Phi) is 5.42. The van der Waals surface area contributed by atoms with E-state index >= 15 is 0 Å². The Morgan fingerprint density at radius 1 is 1.32 bits per heavy atom. The van der Waals surface area contributed by atoms with Crippen LogP contribution in [0.2, 0.25) is 0 Å². The SMILES string of the molecule is CC(C)C(CN(C)C)NC(=O)c1cccc(F)c1F. The molecule has 1 aromatic rings. The summed E-state index contributed by atoms with van der Waals surface area (Å²) in [4.78, 5) is 13.9. The molecule has 1 N–H and O–H groups in total. The van der Waals surface area contributed by atoms with Crippen molar-refractivity contribution in [2.75, 3.05) is 20.6 Å². The first kappa shape index (κ1) is 15.6. The molecule has 0 spiro atoms. The highest BCUT2D eigenvalue weighted by Crippen LogP contribution is 2.12. The fourth-order valence-electron chi connectivity index (χ4n) is 1.74. The number of carbonyl (C=O) groups excluding carboxylic acids is 1. The van der Waals surface area contributed by atoms with E-state index < -0.39 is 17.5 Å². The van der Waals surface area contributed by atoms with E-state index in [0.29, 0.717) is 6.54 Å². The zero-order valence-electron chi connectivity index (χ0n) is 11.7. The molecule has 19 heavy (non-hydrogen) atoms. The first-order valence-corrected chi connectivity index (χ1v) is 6.22. The molecule has 0 aliphatic heterocycles. The number of benzene rings is 1. The second kappa shape index (κ2) is 6.61. The van der Waals surface area contributed by atoms with Crippen LogP contribution >= 0.6 is 0 Å². The van der Waals surface area contributed by atoms with E-state index in [1.54, 1.807) is 0 Å². The number of carbonyl (C=O) groups is 1. The summed E-state index contributed by atoms with van der Waals surface area (Å²) in [6.07, 6.45) is 0. The van der Waals surface area contributed by atoms with Crippen molar-refractivity contribution in [2.45, 2.75) is 19.9 Å². The summed E-state index contributed by atoms with van der Waals surface area (Å²) >= 11 is 0. The van der Waals surface area contributed by atoms with Gasteiger partial charge in [0.2, 0.25) is 0 Å². The van der Waals surface area contributed by atoms with E-state index in [4.69, 9.17) is 0 Å². The van der Waals surface area contributed by atoms with Crippen LogP contribution in [0.3, 0.4) is 0 Å². The number of nitrogens with one attached hydrogen (secondary N) is 1. The highest BCUT2D eigenvalue weighted by Gasteiger charge is 2.21. The Labute approximate surface area is 112 Å². The summed E-state index contributed by atoms with van der Waals surface area (Å²) in [5, 5.41) is 2.74. The third kappa shape index (κ3) is 4.28. The van der Waals surface area contributed by atoms with E-state index in [-0.39, 0.29) is 17.5 Å². The van der Waals surface area contributed by atoms with Gasteiger partial charge < -0.3 is 10.2 Å². The molecule has 0 heterocycles. The van der Waals surface area contributed by atoms with Crippen LogP contribution in [0, 0.1) is 17.6 Å². The number of rotatable bonds is 5. The van der Waals surface area contributed by atoms with Crippen LogP contribution in [0.1, 0.15) is 24.2 Å². The van der Waals surface area contributed by atoms with Crippen LogP contribution < -0.4 is 5.32 Å². The highest BCUT2D eigenvalue weighted by molar-refractivity contribution is 5.94. The number of nitrogens with zero attached hydrogens (tertiary/aromatic N) is 1. The molecule has 0 aliphatic rings. The standard InChI is InChI=1S/C14H20F2N2O/c1-9(2)12(8-18(3)4)17-14(19)10-6-5-7-11(15)13(10)16/h5-7,9,12H,8H2,1-4H3,(H,17,19). The molecule has 5 heteroatoms. The van der Waals surface area contributed by atoms with E-state index in [2.05, 4.69) is 5.32 Å². The Hall–Kier alpha value is -1.49. The Balaban J connectivity index is 2.85. The summed E-state index contributed by atoms with van der Waals surface area (Å²) in [6.45, 7) is 4.58. The number of halogens is 2. The van der Waals surface area contributed by atoms with Gasteiger partial charge in [-0.1, -0.05) is 19.9 Å². The van der Waals surface area contributed by atoms with Gasteiger partial charge in [0.1, 0.15) is 0 Å². The zero-order chi connectivity index (χ0) is 14.6. The largest absolute Gasteiger partial charge is 0.348 e. The number of likely N-dealkylation sites (N-methyl/N-ethyl adjacent to an activating group) is 1. The maximum Gasteiger partial charge on any atom is 0.254 e. The molecule has 0 aliphatic carbocycles. The topological polar surface area (TPSA) is 32.3 Å². The molecule has 0 fully saturated rings. The van der Waals surface area contributed by atoms with Gasteiger partial charge in [0, 0.05) is 12.6 Å². The summed E-state index contributed by atoms with van der Waals surface area (Å²) in [6, 6.07) is 3.47. The summed E-state index contributed by atoms with van der Waals surface area (Å²) < 4.78 is 26.6. The lowest BCUT2D eigenvalue weighted by Gasteiger charge is -2.25. The lowest BCUT2D eigenvalue weighted by Crippen LogP contribution is -2.45. The Morgan fingerprint density at radius 3 is 2.47 bits per heavy atom. The lowest BCUT2D eigenvalue weighted by atomic mass is 10.0. The molecule has 0 saturated heterocycles. The molecule has 0 bridgehead atoms. The third-order valence-corrected chi connectivity index (χ3v) is 2.88. The molecular weight excluding hydrogens is 250 g/mol. The first-order valence-electron chi connectivity index (χ1n) is 6.22. The highest BCUT2D eigenvalue weighted by atomic mass is 19.2. The van der Waals surface area contributed by atoms with E-state index in [0.717, 1.165) is 6.07 Å². The van der Waals surface area contributed by atoms with Gasteiger partial charge in [-0.05, 0) is 32.1 Å². The van der Waals surface area contributed by atoms with E-state index in [1.165, 1.54) is 12.1 Å². The molecule has 1 amide bonds. The smallest absolute Gasteiger partial charge is 0.254 e. The van der Waals surface area contributed by atoms with Crippen molar-refractivity contribution in [3.8, 4) is 0 Å². The first-order chi connectivity index (χ1) is 8.82. The summed E-state index contributed by atoms with van der Waals surface area (Å²) in [5.74, 6) is -2.51. The Bertz CT molecular complexity index is 447. The fourth-order valence-corrected chi connectivity index (χ4v) is 1.74. The predicted octanol–water partition coefficient (Wildman–Crippen LogP) is 2.28. The maximum absolute atomic E-state index is 13.5. The molecule has 3 nitrogen and oxygen atoms in total. The average Bonchev–Trinajstić information content (AvgIpc) is 2.31. The van der Waals surface area contributed by atoms with Crippen molar-refractivity contribution in [1.29, 1.82) is 0 Å². The minimum absolute atomic E-state index is 0.120. The van der Waals surface area contributed by atoms with Crippen molar-refractivity contribution >= 4 is 5.91 Å². The van der Waals surface area contributed by atoms with E-state index in [9.17, 15) is 13.6 Å². The quantitative estimate of drug-likeness (QED) is 0.890. The van der Waals surface area contributed by atoms with Crippen molar-refractivity contribution in [1.82, 2.24) is 10.2 Å². The molecular formula is C14H20F2N2O. The van der Waals surface area contributed by atoms with Gasteiger partial charge in [0.15, 0.2) is 11.6 Å². The molecule has 1 unspecified atom stereocenters. The predicted molar refractivity (Wildman–Crippen MR) is 71.0 cm³/mol.